The summed E-state index contributed by atoms with van der Waals surface area (Å²) in [5, 5.41) is 29.5. The number of hydrogen-bond donors (Lipinski definition) is 3. The summed E-state index contributed by atoms with van der Waals surface area (Å²) in [5.41, 5.74) is 0. The number of rotatable bonds is 36. The summed E-state index contributed by atoms with van der Waals surface area (Å²) in [7, 11) is 0. The van der Waals surface area contributed by atoms with E-state index in [0.717, 1.165) is 38.5 Å². The van der Waals surface area contributed by atoms with Crippen LogP contribution in [0, 0.1) is 0 Å². The van der Waals surface area contributed by atoms with Gasteiger partial charge < -0.3 is 29.7 Å². The number of carboxylic acid groups (broad SMARTS) is 3. The SMILES string of the molecule is CCCCCCCCCCCCC(S)C(=O)[O-].CCCCCCCCCCCCC(S)C(=O)[O-].CCCCCCCCCCCCC(S)C(=O)[O-].[CH3][Sn+3]. The minimum absolute atomic E-state index is 0.580. The van der Waals surface area contributed by atoms with Crippen LogP contribution in [0.2, 0.25) is 4.94 Å². The van der Waals surface area contributed by atoms with Crippen molar-refractivity contribution in [1.82, 2.24) is 0 Å². The van der Waals surface area contributed by atoms with Crippen molar-refractivity contribution in [3.05, 3.63) is 0 Å². The fourth-order valence-electron chi connectivity index (χ4n) is 5.83. The molecule has 0 aliphatic rings. The van der Waals surface area contributed by atoms with Gasteiger partial charge in [-0.3, -0.25) is 0 Å². The Balaban J connectivity index is -0.000000331. The van der Waals surface area contributed by atoms with Crippen molar-refractivity contribution < 1.29 is 29.7 Å². The number of carbonyl (C=O) groups excluding carboxylic acids is 3. The summed E-state index contributed by atoms with van der Waals surface area (Å²) < 4.78 is 0. The topological polar surface area (TPSA) is 120 Å². The Hall–Kier alpha value is 0.259. The molecular weight excluding hydrogens is 827 g/mol. The van der Waals surface area contributed by atoms with Gasteiger partial charge in [-0.25, -0.2) is 0 Å². The molecule has 0 aliphatic heterocycles. The van der Waals surface area contributed by atoms with Crippen molar-refractivity contribution in [1.29, 1.82) is 0 Å². The molecule has 0 aliphatic carbocycles. The Morgan fingerprint density at radius 1 is 0.340 bits per heavy atom. The van der Waals surface area contributed by atoms with Crippen LogP contribution in [0.25, 0.3) is 0 Å². The van der Waals surface area contributed by atoms with Gasteiger partial charge in [-0.05, 0) is 19.3 Å². The van der Waals surface area contributed by atoms with Gasteiger partial charge in [-0.2, -0.15) is 37.9 Å². The summed E-state index contributed by atoms with van der Waals surface area (Å²) in [6.07, 6.45) is 40.0. The third kappa shape index (κ3) is 56.7. The van der Waals surface area contributed by atoms with Crippen LogP contribution in [0.5, 0.6) is 0 Å². The van der Waals surface area contributed by atoms with Crippen LogP contribution in [0.3, 0.4) is 0 Å². The predicted octanol–water partition coefficient (Wildman–Crippen LogP) is 10.2. The first kappa shape index (κ1) is 59.9. The predicted molar refractivity (Wildman–Crippen MR) is 234 cm³/mol. The van der Waals surface area contributed by atoms with E-state index in [9.17, 15) is 29.7 Å². The first-order valence-corrected chi connectivity index (χ1v) is 26.1. The molecule has 0 saturated heterocycles. The molecule has 314 valence electrons. The Labute approximate surface area is 359 Å². The second-order valence-electron chi connectivity index (χ2n) is 14.4. The second kappa shape index (κ2) is 52.3. The molecule has 3 atom stereocenters. The molecule has 0 bridgehead atoms. The third-order valence-electron chi connectivity index (χ3n) is 9.31. The fourth-order valence-corrected chi connectivity index (χ4v) is 6.38. The maximum atomic E-state index is 10.4. The van der Waals surface area contributed by atoms with E-state index in [1.165, 1.54) is 154 Å². The van der Waals surface area contributed by atoms with E-state index in [-0.39, 0.29) is 0 Å². The molecule has 53 heavy (non-hydrogen) atoms. The molecule has 0 fully saturated rings. The van der Waals surface area contributed by atoms with Crippen molar-refractivity contribution >= 4 is 78.3 Å². The van der Waals surface area contributed by atoms with E-state index in [0.29, 0.717) is 19.3 Å². The minimum atomic E-state index is -1.04. The summed E-state index contributed by atoms with van der Waals surface area (Å²) in [6.45, 7) is 6.71. The van der Waals surface area contributed by atoms with Crippen LogP contribution in [0.4, 0.5) is 0 Å². The van der Waals surface area contributed by atoms with E-state index in [2.05, 4.69) is 63.6 Å². The van der Waals surface area contributed by atoms with Gasteiger partial charge in [0.1, 0.15) is 0 Å². The van der Waals surface area contributed by atoms with Crippen LogP contribution in [-0.4, -0.2) is 56.2 Å². The molecule has 0 amide bonds. The van der Waals surface area contributed by atoms with E-state index in [1.54, 1.807) is 22.5 Å². The van der Waals surface area contributed by atoms with Gasteiger partial charge >= 0.3 is 27.5 Å². The molecule has 0 rings (SSSR count). The van der Waals surface area contributed by atoms with Gasteiger partial charge in [-0.15, -0.1) is 0 Å². The third-order valence-corrected chi connectivity index (χ3v) is 10.7. The van der Waals surface area contributed by atoms with Crippen LogP contribution in [0.15, 0.2) is 0 Å². The Morgan fingerprint density at radius 3 is 0.604 bits per heavy atom. The van der Waals surface area contributed by atoms with Gasteiger partial charge in [0.05, 0.1) is 17.9 Å². The van der Waals surface area contributed by atoms with Gasteiger partial charge in [0.25, 0.3) is 0 Å². The molecule has 0 aromatic carbocycles. The number of unbranched alkanes of at least 4 members (excludes halogenated alkanes) is 27. The van der Waals surface area contributed by atoms with Gasteiger partial charge in [0, 0.05) is 15.7 Å². The average Bonchev–Trinajstić information content (AvgIpc) is 3.14. The first-order valence-electron chi connectivity index (χ1n) is 21.7. The number of aliphatic carboxylic acids is 3. The molecular formula is C43H84O6S3Sn. The number of carbonyl (C=O) groups is 3. The van der Waals surface area contributed by atoms with Crippen LogP contribution >= 0.6 is 37.9 Å². The fraction of sp³-hybridized carbons (Fsp3) is 0.930. The Morgan fingerprint density at radius 2 is 0.472 bits per heavy atom. The Kier molecular flexibility index (Phi) is 59.1. The molecule has 6 nitrogen and oxygen atoms in total. The summed E-state index contributed by atoms with van der Waals surface area (Å²) in [5.74, 6) is -3.11. The number of thiol groups is 3. The molecule has 0 radical (unpaired) electrons. The molecule has 0 aromatic heterocycles. The first-order chi connectivity index (χ1) is 25.5. The number of carboxylic acids is 3. The molecule has 0 aromatic rings. The summed E-state index contributed by atoms with van der Waals surface area (Å²) in [4.78, 5) is 33.3. The van der Waals surface area contributed by atoms with Crippen molar-refractivity contribution in [2.45, 2.75) is 253 Å². The van der Waals surface area contributed by atoms with E-state index >= 15 is 0 Å². The molecule has 3 unspecified atom stereocenters. The molecule has 0 N–H and O–H groups in total. The quantitative estimate of drug-likeness (QED) is 0.0327. The van der Waals surface area contributed by atoms with Gasteiger partial charge in [0.2, 0.25) is 0 Å². The zero-order valence-electron chi connectivity index (χ0n) is 34.9. The standard InChI is InChI=1S/3C14H28O2S.CH3.Sn/c3*1-2-3-4-5-6-7-8-9-10-11-12-13(17)14(15)16;;/h3*13,17H,2-12H2,1H3,(H,15,16);1H3;/q;;;;+3/p-3. The van der Waals surface area contributed by atoms with Gasteiger partial charge in [-0.1, -0.05) is 213 Å². The molecule has 0 saturated carbocycles. The van der Waals surface area contributed by atoms with Crippen LogP contribution in [-0.2, 0) is 14.4 Å². The van der Waals surface area contributed by atoms with Crippen molar-refractivity contribution in [3.8, 4) is 0 Å². The summed E-state index contributed by atoms with van der Waals surface area (Å²) >= 11 is 13.4. The van der Waals surface area contributed by atoms with Crippen molar-refractivity contribution in [2.24, 2.45) is 0 Å². The van der Waals surface area contributed by atoms with Crippen molar-refractivity contribution in [3.63, 3.8) is 0 Å². The number of hydrogen-bond acceptors (Lipinski definition) is 9. The molecule has 0 spiro atoms. The van der Waals surface area contributed by atoms with E-state index in [1.807, 2.05) is 0 Å². The summed E-state index contributed by atoms with van der Waals surface area (Å²) in [6, 6.07) is 0. The average molecular weight is 912 g/mol. The zero-order valence-corrected chi connectivity index (χ0v) is 40.4. The van der Waals surface area contributed by atoms with Crippen LogP contribution < -0.4 is 15.3 Å². The monoisotopic (exact) mass is 912 g/mol. The molecule has 0 heterocycles. The maximum absolute atomic E-state index is 10.4. The van der Waals surface area contributed by atoms with E-state index < -0.39 is 33.7 Å². The van der Waals surface area contributed by atoms with Crippen molar-refractivity contribution in [2.75, 3.05) is 0 Å². The van der Waals surface area contributed by atoms with Gasteiger partial charge in [0.15, 0.2) is 0 Å². The zero-order chi connectivity index (χ0) is 40.8. The normalized spacial score (nSPS) is 12.2. The molecule has 10 heteroatoms. The second-order valence-corrected chi connectivity index (χ2v) is 16.3. The van der Waals surface area contributed by atoms with Crippen LogP contribution in [0.1, 0.15) is 233 Å². The Bertz CT molecular complexity index is 652. The van der Waals surface area contributed by atoms with E-state index in [4.69, 9.17) is 0 Å².